The van der Waals surface area contributed by atoms with E-state index in [1.54, 1.807) is 14.2 Å². The Bertz CT molecular complexity index is 735. The number of rotatable bonds is 9. The van der Waals surface area contributed by atoms with E-state index >= 15 is 0 Å². The Balaban J connectivity index is 2.05. The number of ether oxygens (including phenoxy) is 2. The molecule has 0 aliphatic rings. The minimum absolute atomic E-state index is 0.531. The van der Waals surface area contributed by atoms with E-state index in [-0.39, 0.29) is 0 Å². The first-order valence-electron chi connectivity index (χ1n) is 10.2. The van der Waals surface area contributed by atoms with Crippen molar-refractivity contribution in [2.75, 3.05) is 14.2 Å². The van der Waals surface area contributed by atoms with Gasteiger partial charge in [0.05, 0.1) is 14.2 Å². The molecule has 0 saturated carbocycles. The molecule has 0 spiro atoms. The summed E-state index contributed by atoms with van der Waals surface area (Å²) in [5.74, 6) is 3.74. The molecule has 0 aliphatic carbocycles. The predicted molar refractivity (Wildman–Crippen MR) is 115 cm³/mol. The first-order valence-corrected chi connectivity index (χ1v) is 10.2. The third kappa shape index (κ3) is 5.51. The van der Waals surface area contributed by atoms with Crippen LogP contribution in [-0.4, -0.2) is 14.2 Å². The summed E-state index contributed by atoms with van der Waals surface area (Å²) in [5.41, 5.74) is 5.28. The summed E-state index contributed by atoms with van der Waals surface area (Å²) in [6.45, 7) is 11.3. The maximum atomic E-state index is 5.67. The highest BCUT2D eigenvalue weighted by Gasteiger charge is 2.16. The van der Waals surface area contributed by atoms with Crippen molar-refractivity contribution >= 4 is 0 Å². The highest BCUT2D eigenvalue weighted by Crippen LogP contribution is 2.31. The van der Waals surface area contributed by atoms with Gasteiger partial charge in [0.1, 0.15) is 11.5 Å². The van der Waals surface area contributed by atoms with E-state index in [9.17, 15) is 0 Å². The van der Waals surface area contributed by atoms with Gasteiger partial charge < -0.3 is 9.47 Å². The van der Waals surface area contributed by atoms with E-state index in [0.29, 0.717) is 17.8 Å². The van der Waals surface area contributed by atoms with Crippen molar-refractivity contribution in [3.8, 4) is 11.5 Å². The highest BCUT2D eigenvalue weighted by molar-refractivity contribution is 5.40. The molecular weight excluding hydrogens is 332 g/mol. The van der Waals surface area contributed by atoms with Gasteiger partial charge in [0, 0.05) is 0 Å². The average Bonchev–Trinajstić information content (AvgIpc) is 2.67. The van der Waals surface area contributed by atoms with E-state index in [4.69, 9.17) is 9.47 Å². The van der Waals surface area contributed by atoms with Crippen LogP contribution >= 0.6 is 0 Å². The summed E-state index contributed by atoms with van der Waals surface area (Å²) < 4.78 is 11.0. The summed E-state index contributed by atoms with van der Waals surface area (Å²) in [5, 5.41) is 0. The minimum Gasteiger partial charge on any atom is -0.496 e. The van der Waals surface area contributed by atoms with Gasteiger partial charge in [-0.05, 0) is 78.3 Å². The molecule has 0 amide bonds. The fourth-order valence-corrected chi connectivity index (χ4v) is 3.72. The fraction of sp³-hybridized carbons (Fsp3) is 0.520. The second-order valence-electron chi connectivity index (χ2n) is 8.05. The molecule has 0 N–H and O–H groups in total. The van der Waals surface area contributed by atoms with Gasteiger partial charge in [-0.1, -0.05) is 52.0 Å². The first kappa shape index (κ1) is 21.3. The molecule has 0 aliphatic heterocycles. The Kier molecular flexibility index (Phi) is 7.77. The molecule has 2 aromatic rings. The topological polar surface area (TPSA) is 18.5 Å². The summed E-state index contributed by atoms with van der Waals surface area (Å²) in [6.07, 6.45) is 3.30. The number of hydrogen-bond donors (Lipinski definition) is 0. The van der Waals surface area contributed by atoms with E-state index in [2.05, 4.69) is 71.0 Å². The molecule has 2 rings (SSSR count). The van der Waals surface area contributed by atoms with Gasteiger partial charge in [0.25, 0.3) is 0 Å². The molecule has 148 valence electrons. The second kappa shape index (κ2) is 9.82. The average molecular weight is 369 g/mol. The third-order valence-electron chi connectivity index (χ3n) is 5.99. The normalized spacial score (nSPS) is 14.5. The molecule has 0 bridgehead atoms. The number of benzene rings is 2. The Morgan fingerprint density at radius 1 is 0.778 bits per heavy atom. The summed E-state index contributed by atoms with van der Waals surface area (Å²) in [4.78, 5) is 0. The quantitative estimate of drug-likeness (QED) is 0.497. The number of methoxy groups -OCH3 is 2. The molecule has 2 nitrogen and oxygen atoms in total. The van der Waals surface area contributed by atoms with Crippen LogP contribution in [-0.2, 0) is 12.8 Å². The number of aryl methyl sites for hydroxylation is 1. The molecule has 3 atom stereocenters. The van der Waals surface area contributed by atoms with Crippen molar-refractivity contribution in [2.45, 2.75) is 59.8 Å². The Morgan fingerprint density at radius 2 is 1.33 bits per heavy atom. The van der Waals surface area contributed by atoms with Gasteiger partial charge in [-0.25, -0.2) is 0 Å². The van der Waals surface area contributed by atoms with Crippen LogP contribution in [0.5, 0.6) is 11.5 Å². The summed E-state index contributed by atoms with van der Waals surface area (Å²) in [7, 11) is 3.51. The minimum atomic E-state index is 0.531. The monoisotopic (exact) mass is 368 g/mol. The van der Waals surface area contributed by atoms with E-state index < -0.39 is 0 Å². The smallest absolute Gasteiger partial charge is 0.122 e. The second-order valence-corrected chi connectivity index (χ2v) is 8.05. The lowest BCUT2D eigenvalue weighted by molar-refractivity contribution is 0.379. The van der Waals surface area contributed by atoms with Crippen LogP contribution in [0.2, 0.25) is 0 Å². The molecule has 27 heavy (non-hydrogen) atoms. The van der Waals surface area contributed by atoms with Crippen molar-refractivity contribution in [2.24, 2.45) is 11.8 Å². The van der Waals surface area contributed by atoms with Gasteiger partial charge in [0.2, 0.25) is 0 Å². The zero-order valence-electron chi connectivity index (χ0n) is 18.1. The molecule has 2 heteroatoms. The maximum Gasteiger partial charge on any atom is 0.122 e. The molecule has 0 heterocycles. The van der Waals surface area contributed by atoms with Gasteiger partial charge >= 0.3 is 0 Å². The van der Waals surface area contributed by atoms with Gasteiger partial charge in [-0.2, -0.15) is 0 Å². The SMILES string of the molecule is CCC(C)c1ccc(CC(C)C(C)Cc2ccc(OC)c(C)c2)cc1OC. The van der Waals surface area contributed by atoms with E-state index in [1.165, 1.54) is 22.3 Å². The molecular formula is C25H36O2. The molecule has 3 unspecified atom stereocenters. The Labute approximate surface area is 165 Å². The zero-order valence-corrected chi connectivity index (χ0v) is 18.1. The van der Waals surface area contributed by atoms with Gasteiger partial charge in [0.15, 0.2) is 0 Å². The highest BCUT2D eigenvalue weighted by atomic mass is 16.5. The Hall–Kier alpha value is -1.96. The third-order valence-corrected chi connectivity index (χ3v) is 5.99. The number of hydrogen-bond acceptors (Lipinski definition) is 2. The zero-order chi connectivity index (χ0) is 20.0. The molecule has 0 aromatic heterocycles. The Morgan fingerprint density at radius 3 is 1.85 bits per heavy atom. The van der Waals surface area contributed by atoms with Crippen molar-refractivity contribution in [3.63, 3.8) is 0 Å². The summed E-state index contributed by atoms with van der Waals surface area (Å²) in [6, 6.07) is 13.3. The first-order chi connectivity index (χ1) is 12.9. The van der Waals surface area contributed by atoms with Crippen molar-refractivity contribution in [3.05, 3.63) is 58.7 Å². The van der Waals surface area contributed by atoms with E-state index in [0.717, 1.165) is 30.8 Å². The van der Waals surface area contributed by atoms with Crippen molar-refractivity contribution < 1.29 is 9.47 Å². The van der Waals surface area contributed by atoms with Crippen LogP contribution in [0, 0.1) is 18.8 Å². The van der Waals surface area contributed by atoms with Crippen LogP contribution in [0.4, 0.5) is 0 Å². The lowest BCUT2D eigenvalue weighted by Crippen LogP contribution is -2.14. The van der Waals surface area contributed by atoms with Crippen LogP contribution in [0.1, 0.15) is 62.3 Å². The predicted octanol–water partition coefficient (Wildman–Crippen LogP) is 6.58. The lowest BCUT2D eigenvalue weighted by atomic mass is 9.84. The standard InChI is InChI=1S/C25H36O2/c1-8-17(2)23-11-9-22(16-25(23)27-7)14-19(4)18(3)13-21-10-12-24(26-6)20(5)15-21/h9-12,15-19H,8,13-14H2,1-7H3. The molecule has 0 fully saturated rings. The lowest BCUT2D eigenvalue weighted by Gasteiger charge is -2.22. The van der Waals surface area contributed by atoms with Gasteiger partial charge in [-0.15, -0.1) is 0 Å². The van der Waals surface area contributed by atoms with Crippen molar-refractivity contribution in [1.82, 2.24) is 0 Å². The van der Waals surface area contributed by atoms with Crippen LogP contribution in [0.15, 0.2) is 36.4 Å². The molecule has 2 aromatic carbocycles. The van der Waals surface area contributed by atoms with Gasteiger partial charge in [-0.3, -0.25) is 0 Å². The maximum absolute atomic E-state index is 5.67. The largest absolute Gasteiger partial charge is 0.496 e. The van der Waals surface area contributed by atoms with Crippen LogP contribution in [0.3, 0.4) is 0 Å². The van der Waals surface area contributed by atoms with Crippen LogP contribution < -0.4 is 9.47 Å². The molecule has 0 saturated heterocycles. The van der Waals surface area contributed by atoms with Crippen molar-refractivity contribution in [1.29, 1.82) is 0 Å². The van der Waals surface area contributed by atoms with E-state index in [1.807, 2.05) is 0 Å². The summed E-state index contributed by atoms with van der Waals surface area (Å²) >= 11 is 0. The van der Waals surface area contributed by atoms with Crippen LogP contribution in [0.25, 0.3) is 0 Å². The molecule has 0 radical (unpaired) electrons. The fourth-order valence-electron chi connectivity index (χ4n) is 3.72.